The van der Waals surface area contributed by atoms with Gasteiger partial charge in [-0.05, 0) is 24.6 Å². The highest BCUT2D eigenvalue weighted by Gasteiger charge is 2.34. The minimum atomic E-state index is -4.59. The molecule has 0 saturated carbocycles. The lowest BCUT2D eigenvalue weighted by Crippen LogP contribution is -2.16. The van der Waals surface area contributed by atoms with E-state index in [2.05, 4.69) is 11.7 Å². The summed E-state index contributed by atoms with van der Waals surface area (Å²) < 4.78 is 43.6. The number of hydrogen-bond acceptors (Lipinski definition) is 3. The van der Waals surface area contributed by atoms with Crippen molar-refractivity contribution < 1.29 is 23.1 Å². The second-order valence-electron chi connectivity index (χ2n) is 3.62. The molecule has 1 rings (SSSR count). The highest BCUT2D eigenvalue weighted by Crippen LogP contribution is 2.36. The van der Waals surface area contributed by atoms with Crippen molar-refractivity contribution in [1.82, 2.24) is 0 Å². The van der Waals surface area contributed by atoms with Crippen molar-refractivity contribution in [3.63, 3.8) is 0 Å². The maximum Gasteiger partial charge on any atom is 0.419 e. The molecule has 0 bridgehead atoms. The van der Waals surface area contributed by atoms with Crippen molar-refractivity contribution in [2.75, 3.05) is 6.61 Å². The van der Waals surface area contributed by atoms with Gasteiger partial charge in [0.2, 0.25) is 0 Å². The molecule has 0 atom stereocenters. The van der Waals surface area contributed by atoms with Gasteiger partial charge in [-0.25, -0.2) is 0 Å². The quantitative estimate of drug-likeness (QED) is 0.217. The van der Waals surface area contributed by atoms with Gasteiger partial charge < -0.3 is 15.7 Å². The Balaban J connectivity index is 3.14. The van der Waals surface area contributed by atoms with Gasteiger partial charge in [-0.2, -0.15) is 13.2 Å². The Labute approximate surface area is 108 Å². The van der Waals surface area contributed by atoms with Crippen molar-refractivity contribution >= 4 is 5.84 Å². The summed E-state index contributed by atoms with van der Waals surface area (Å²) in [4.78, 5) is 0. The molecule has 19 heavy (non-hydrogen) atoms. The smallest absolute Gasteiger partial charge is 0.419 e. The molecule has 7 heteroatoms. The van der Waals surface area contributed by atoms with Crippen LogP contribution in [0.4, 0.5) is 13.2 Å². The lowest BCUT2D eigenvalue weighted by molar-refractivity contribution is -0.138. The maximum atomic E-state index is 12.9. The first-order chi connectivity index (χ1) is 8.90. The predicted octanol–water partition coefficient (Wildman–Crippen LogP) is 2.75. The third-order valence-electron chi connectivity index (χ3n) is 2.27. The Morgan fingerprint density at radius 3 is 2.68 bits per heavy atom. The molecule has 0 aliphatic heterocycles. The fourth-order valence-corrected chi connectivity index (χ4v) is 1.35. The molecule has 0 aliphatic rings. The maximum absolute atomic E-state index is 12.9. The summed E-state index contributed by atoms with van der Waals surface area (Å²) in [6.45, 7) is 3.54. The number of hydrogen-bond donors (Lipinski definition) is 2. The van der Waals surface area contributed by atoms with Gasteiger partial charge in [0.05, 0.1) is 12.2 Å². The van der Waals surface area contributed by atoms with Gasteiger partial charge in [0, 0.05) is 5.56 Å². The van der Waals surface area contributed by atoms with E-state index in [1.807, 2.05) is 0 Å². The standard InChI is InChI=1S/C12H13F3N2O2/c1-2-3-6-19-10-5-4-8(11(16)17-18)7-9(10)12(13,14)15/h2,4-5,7,18H,1,3,6H2,(H2,16,17). The topological polar surface area (TPSA) is 67.8 Å². The van der Waals surface area contributed by atoms with Gasteiger partial charge in [-0.1, -0.05) is 11.2 Å². The summed E-state index contributed by atoms with van der Waals surface area (Å²) in [5, 5.41) is 11.1. The van der Waals surface area contributed by atoms with E-state index in [-0.39, 0.29) is 17.9 Å². The van der Waals surface area contributed by atoms with E-state index < -0.39 is 17.6 Å². The molecule has 0 aromatic heterocycles. The number of halogens is 3. The van der Waals surface area contributed by atoms with Crippen molar-refractivity contribution in [1.29, 1.82) is 0 Å². The van der Waals surface area contributed by atoms with E-state index in [9.17, 15) is 13.2 Å². The molecule has 0 aliphatic carbocycles. The molecular formula is C12H13F3N2O2. The molecule has 1 aromatic carbocycles. The number of oxime groups is 1. The lowest BCUT2D eigenvalue weighted by Gasteiger charge is -2.14. The molecule has 1 aromatic rings. The first kappa shape index (κ1) is 14.9. The molecular weight excluding hydrogens is 261 g/mol. The number of nitrogens with zero attached hydrogens (tertiary/aromatic N) is 1. The van der Waals surface area contributed by atoms with Gasteiger partial charge in [0.15, 0.2) is 5.84 Å². The van der Waals surface area contributed by atoms with Crippen LogP contribution >= 0.6 is 0 Å². The van der Waals surface area contributed by atoms with Crippen LogP contribution in [0.25, 0.3) is 0 Å². The number of nitrogens with two attached hydrogens (primary N) is 1. The SMILES string of the molecule is C=CCCOc1ccc(/C(N)=N/O)cc1C(F)(F)F. The first-order valence-corrected chi connectivity index (χ1v) is 5.33. The molecule has 4 nitrogen and oxygen atoms in total. The van der Waals surface area contributed by atoms with Crippen molar-refractivity contribution in [3.8, 4) is 5.75 Å². The van der Waals surface area contributed by atoms with E-state index in [0.717, 1.165) is 12.1 Å². The highest BCUT2D eigenvalue weighted by atomic mass is 19.4. The summed E-state index contributed by atoms with van der Waals surface area (Å²) in [7, 11) is 0. The van der Waals surface area contributed by atoms with Crippen LogP contribution in [-0.4, -0.2) is 17.6 Å². The Kier molecular flexibility index (Phi) is 4.80. The Bertz CT molecular complexity index is 484. The molecule has 3 N–H and O–H groups in total. The van der Waals surface area contributed by atoms with E-state index in [1.54, 1.807) is 0 Å². The average Bonchev–Trinajstić information content (AvgIpc) is 2.37. The second kappa shape index (κ2) is 6.12. The summed E-state index contributed by atoms with van der Waals surface area (Å²) in [6.07, 6.45) is -2.62. The Morgan fingerprint density at radius 2 is 2.16 bits per heavy atom. The third kappa shape index (κ3) is 3.90. The normalized spacial score (nSPS) is 12.3. The van der Waals surface area contributed by atoms with Crippen molar-refractivity contribution in [2.24, 2.45) is 10.9 Å². The summed E-state index contributed by atoms with van der Waals surface area (Å²) >= 11 is 0. The number of alkyl halides is 3. The van der Waals surface area contributed by atoms with E-state index in [1.165, 1.54) is 12.1 Å². The van der Waals surface area contributed by atoms with Crippen LogP contribution in [-0.2, 0) is 6.18 Å². The van der Waals surface area contributed by atoms with E-state index in [0.29, 0.717) is 6.42 Å². The summed E-state index contributed by atoms with van der Waals surface area (Å²) in [5.41, 5.74) is 4.25. The zero-order valence-electron chi connectivity index (χ0n) is 9.94. The first-order valence-electron chi connectivity index (χ1n) is 5.33. The zero-order chi connectivity index (χ0) is 14.5. The molecule has 0 heterocycles. The highest BCUT2D eigenvalue weighted by molar-refractivity contribution is 5.97. The zero-order valence-corrected chi connectivity index (χ0v) is 9.94. The number of benzene rings is 1. The summed E-state index contributed by atoms with van der Waals surface area (Å²) in [6, 6.07) is 3.20. The van der Waals surface area contributed by atoms with Gasteiger partial charge in [0.25, 0.3) is 0 Å². The fourth-order valence-electron chi connectivity index (χ4n) is 1.35. The van der Waals surface area contributed by atoms with Gasteiger partial charge in [0.1, 0.15) is 5.75 Å². The Hall–Kier alpha value is -2.18. The number of amidine groups is 1. The van der Waals surface area contributed by atoms with Gasteiger partial charge in [-0.3, -0.25) is 0 Å². The minimum absolute atomic E-state index is 0.0362. The lowest BCUT2D eigenvalue weighted by atomic mass is 10.1. The molecule has 104 valence electrons. The molecule has 0 unspecified atom stereocenters. The largest absolute Gasteiger partial charge is 0.493 e. The van der Waals surface area contributed by atoms with Crippen LogP contribution in [0.5, 0.6) is 5.75 Å². The molecule has 0 fully saturated rings. The van der Waals surface area contributed by atoms with Gasteiger partial charge >= 0.3 is 6.18 Å². The molecule has 0 saturated heterocycles. The van der Waals surface area contributed by atoms with Crippen LogP contribution in [0.2, 0.25) is 0 Å². The van der Waals surface area contributed by atoms with Crippen LogP contribution in [0.15, 0.2) is 36.0 Å². The molecule has 0 radical (unpaired) electrons. The van der Waals surface area contributed by atoms with Crippen LogP contribution in [0, 0.1) is 0 Å². The van der Waals surface area contributed by atoms with E-state index in [4.69, 9.17) is 15.7 Å². The minimum Gasteiger partial charge on any atom is -0.493 e. The molecule has 0 spiro atoms. The van der Waals surface area contributed by atoms with Crippen LogP contribution < -0.4 is 10.5 Å². The Morgan fingerprint density at radius 1 is 1.47 bits per heavy atom. The van der Waals surface area contributed by atoms with Crippen molar-refractivity contribution in [2.45, 2.75) is 12.6 Å². The number of rotatable bonds is 5. The molecule has 0 amide bonds. The number of ether oxygens (including phenoxy) is 1. The van der Waals surface area contributed by atoms with Crippen molar-refractivity contribution in [3.05, 3.63) is 42.0 Å². The summed E-state index contributed by atoms with van der Waals surface area (Å²) in [5.74, 6) is -0.702. The third-order valence-corrected chi connectivity index (χ3v) is 2.27. The average molecular weight is 274 g/mol. The predicted molar refractivity (Wildman–Crippen MR) is 64.3 cm³/mol. The monoisotopic (exact) mass is 274 g/mol. The van der Waals surface area contributed by atoms with Crippen LogP contribution in [0.3, 0.4) is 0 Å². The van der Waals surface area contributed by atoms with Gasteiger partial charge in [-0.15, -0.1) is 6.58 Å². The second-order valence-corrected chi connectivity index (χ2v) is 3.62. The fraction of sp³-hybridized carbons (Fsp3) is 0.250. The van der Waals surface area contributed by atoms with Crippen LogP contribution in [0.1, 0.15) is 17.5 Å². The van der Waals surface area contributed by atoms with E-state index >= 15 is 0 Å².